The van der Waals surface area contributed by atoms with Crippen LogP contribution in [0.1, 0.15) is 17.4 Å². The molecule has 5 nitrogen and oxygen atoms in total. The summed E-state index contributed by atoms with van der Waals surface area (Å²) < 4.78 is 36.6. The van der Waals surface area contributed by atoms with Crippen LogP contribution in [0.4, 0.5) is 8.78 Å². The second kappa shape index (κ2) is 7.35. The van der Waals surface area contributed by atoms with Crippen molar-refractivity contribution in [3.05, 3.63) is 65.6 Å². The quantitative estimate of drug-likeness (QED) is 0.679. The van der Waals surface area contributed by atoms with E-state index in [4.69, 9.17) is 4.42 Å². The third-order valence-corrected chi connectivity index (χ3v) is 2.93. The fourth-order valence-corrected chi connectivity index (χ4v) is 1.85. The summed E-state index contributed by atoms with van der Waals surface area (Å²) >= 11 is 0. The Labute approximate surface area is 130 Å². The van der Waals surface area contributed by atoms with E-state index in [9.17, 15) is 18.4 Å². The lowest BCUT2D eigenvalue weighted by Gasteiger charge is -2.16. The highest BCUT2D eigenvalue weighted by molar-refractivity contribution is 5.94. The molecular formula is C16H13F2NO4. The Balaban J connectivity index is 2.20. The van der Waals surface area contributed by atoms with Gasteiger partial charge in [-0.15, -0.1) is 0 Å². The van der Waals surface area contributed by atoms with E-state index >= 15 is 0 Å². The summed E-state index contributed by atoms with van der Waals surface area (Å²) in [5, 5.41) is 2.27. The van der Waals surface area contributed by atoms with Crippen molar-refractivity contribution in [2.75, 3.05) is 7.11 Å². The third-order valence-electron chi connectivity index (χ3n) is 2.93. The Morgan fingerprint density at radius 3 is 2.74 bits per heavy atom. The number of hydrogen-bond acceptors (Lipinski definition) is 4. The number of carbonyl (C=O) groups is 2. The molecule has 0 saturated heterocycles. The highest BCUT2D eigenvalue weighted by atomic mass is 19.1. The maximum absolute atomic E-state index is 13.8. The molecule has 0 fully saturated rings. The highest BCUT2D eigenvalue weighted by Gasteiger charge is 2.26. The summed E-state index contributed by atoms with van der Waals surface area (Å²) in [7, 11) is 1.08. The van der Waals surface area contributed by atoms with E-state index < -0.39 is 29.6 Å². The number of methoxy groups -OCH3 is 1. The first-order chi connectivity index (χ1) is 11.0. The van der Waals surface area contributed by atoms with Crippen LogP contribution in [-0.2, 0) is 14.3 Å². The summed E-state index contributed by atoms with van der Waals surface area (Å²) in [5.74, 6) is -2.77. The van der Waals surface area contributed by atoms with Gasteiger partial charge in [0.15, 0.2) is 6.04 Å². The van der Waals surface area contributed by atoms with Crippen molar-refractivity contribution in [2.45, 2.75) is 6.04 Å². The molecule has 1 atom stereocenters. The van der Waals surface area contributed by atoms with Crippen LogP contribution in [-0.4, -0.2) is 19.0 Å². The summed E-state index contributed by atoms with van der Waals surface area (Å²) in [4.78, 5) is 23.7. The number of benzene rings is 1. The molecule has 1 N–H and O–H groups in total. The summed E-state index contributed by atoms with van der Waals surface area (Å²) in [6.45, 7) is 0. The van der Waals surface area contributed by atoms with E-state index in [1.54, 1.807) is 12.1 Å². The van der Waals surface area contributed by atoms with Gasteiger partial charge in [-0.2, -0.15) is 0 Å². The fourth-order valence-electron chi connectivity index (χ4n) is 1.85. The first-order valence-corrected chi connectivity index (χ1v) is 6.56. The minimum Gasteiger partial charge on any atom is -0.467 e. The zero-order valence-corrected chi connectivity index (χ0v) is 12.1. The fraction of sp³-hybridized carbons (Fsp3) is 0.125. The molecule has 0 saturated carbocycles. The summed E-state index contributed by atoms with van der Waals surface area (Å²) in [6.07, 6.45) is 3.90. The number of ether oxygens (including phenoxy) is 1. The van der Waals surface area contributed by atoms with Gasteiger partial charge in [-0.05, 0) is 36.4 Å². The number of esters is 1. The molecule has 0 bridgehead atoms. The average molecular weight is 321 g/mol. The Bertz CT molecular complexity index is 726. The number of furan rings is 1. The van der Waals surface area contributed by atoms with Crippen molar-refractivity contribution in [3.8, 4) is 0 Å². The van der Waals surface area contributed by atoms with Crippen molar-refractivity contribution >= 4 is 18.0 Å². The molecule has 7 heteroatoms. The third kappa shape index (κ3) is 4.26. The van der Waals surface area contributed by atoms with Crippen molar-refractivity contribution in [3.63, 3.8) is 0 Å². The Morgan fingerprint density at radius 2 is 2.09 bits per heavy atom. The summed E-state index contributed by atoms with van der Waals surface area (Å²) in [5.41, 5.74) is -0.323. The van der Waals surface area contributed by atoms with E-state index in [1.165, 1.54) is 12.3 Å². The van der Waals surface area contributed by atoms with Gasteiger partial charge in [0.2, 0.25) is 5.91 Å². The predicted molar refractivity (Wildman–Crippen MR) is 77.0 cm³/mol. The SMILES string of the molecule is COC(=O)[C@@H](NC(=O)/C=C\c1ccco1)c1cc(F)ccc1F. The van der Waals surface area contributed by atoms with Gasteiger partial charge in [0.25, 0.3) is 0 Å². The van der Waals surface area contributed by atoms with Gasteiger partial charge in [-0.3, -0.25) is 4.79 Å². The van der Waals surface area contributed by atoms with E-state index in [1.807, 2.05) is 0 Å². The van der Waals surface area contributed by atoms with Crippen LogP contribution < -0.4 is 5.32 Å². The number of amides is 1. The first kappa shape index (κ1) is 16.4. The largest absolute Gasteiger partial charge is 0.467 e. The zero-order chi connectivity index (χ0) is 16.8. The Morgan fingerprint density at radius 1 is 1.30 bits per heavy atom. The number of carbonyl (C=O) groups excluding carboxylic acids is 2. The standard InChI is InChI=1S/C16H13F2NO4/c1-22-16(21)15(12-9-10(17)4-6-13(12)18)19-14(20)7-5-11-3-2-8-23-11/h2-9,15H,1H3,(H,19,20)/b7-5-/t15-/m0/s1. The number of nitrogens with one attached hydrogen (secondary N) is 1. The Kier molecular flexibility index (Phi) is 5.24. The van der Waals surface area contributed by atoms with Crippen molar-refractivity contribution in [1.29, 1.82) is 0 Å². The average Bonchev–Trinajstić information content (AvgIpc) is 3.06. The lowest BCUT2D eigenvalue weighted by molar-refractivity contribution is -0.144. The monoisotopic (exact) mass is 321 g/mol. The summed E-state index contributed by atoms with van der Waals surface area (Å²) in [6, 6.07) is 4.39. The molecule has 1 heterocycles. The van der Waals surface area contributed by atoms with Crippen LogP contribution >= 0.6 is 0 Å². The predicted octanol–water partition coefficient (Wildman–Crippen LogP) is 2.60. The lowest BCUT2D eigenvalue weighted by Crippen LogP contribution is -2.34. The molecule has 0 aliphatic heterocycles. The smallest absolute Gasteiger partial charge is 0.333 e. The van der Waals surface area contributed by atoms with Crippen LogP contribution in [0.3, 0.4) is 0 Å². The van der Waals surface area contributed by atoms with Gasteiger partial charge >= 0.3 is 5.97 Å². The molecule has 0 unspecified atom stereocenters. The highest BCUT2D eigenvalue weighted by Crippen LogP contribution is 2.20. The number of hydrogen-bond donors (Lipinski definition) is 1. The molecule has 1 amide bonds. The van der Waals surface area contributed by atoms with Gasteiger partial charge in [0.05, 0.1) is 13.4 Å². The zero-order valence-electron chi connectivity index (χ0n) is 12.1. The molecule has 0 radical (unpaired) electrons. The second-order valence-corrected chi connectivity index (χ2v) is 4.48. The van der Waals surface area contributed by atoms with Gasteiger partial charge in [0, 0.05) is 11.6 Å². The molecule has 2 rings (SSSR count). The molecule has 2 aromatic rings. The maximum Gasteiger partial charge on any atom is 0.333 e. The van der Waals surface area contributed by atoms with Crippen LogP contribution in [0.5, 0.6) is 0 Å². The number of rotatable bonds is 5. The molecule has 1 aromatic carbocycles. The van der Waals surface area contributed by atoms with Crippen LogP contribution in [0.2, 0.25) is 0 Å². The molecule has 120 valence electrons. The topological polar surface area (TPSA) is 68.5 Å². The molecule has 0 aliphatic carbocycles. The second-order valence-electron chi connectivity index (χ2n) is 4.48. The van der Waals surface area contributed by atoms with E-state index in [0.717, 1.165) is 31.4 Å². The van der Waals surface area contributed by atoms with Gasteiger partial charge < -0.3 is 14.5 Å². The van der Waals surface area contributed by atoms with Crippen LogP contribution in [0.25, 0.3) is 6.08 Å². The van der Waals surface area contributed by atoms with Crippen molar-refractivity contribution in [2.24, 2.45) is 0 Å². The van der Waals surface area contributed by atoms with Gasteiger partial charge in [-0.1, -0.05) is 0 Å². The number of halogens is 2. The van der Waals surface area contributed by atoms with E-state index in [0.29, 0.717) is 5.76 Å². The normalized spacial score (nSPS) is 12.1. The molecule has 0 spiro atoms. The lowest BCUT2D eigenvalue weighted by atomic mass is 10.1. The van der Waals surface area contributed by atoms with E-state index in [-0.39, 0.29) is 5.56 Å². The minimum absolute atomic E-state index is 0.323. The first-order valence-electron chi connectivity index (χ1n) is 6.56. The van der Waals surface area contributed by atoms with Gasteiger partial charge in [-0.25, -0.2) is 13.6 Å². The molecule has 1 aromatic heterocycles. The van der Waals surface area contributed by atoms with Crippen LogP contribution in [0, 0.1) is 11.6 Å². The van der Waals surface area contributed by atoms with E-state index in [2.05, 4.69) is 10.1 Å². The Hall–Kier alpha value is -2.96. The van der Waals surface area contributed by atoms with Crippen molar-refractivity contribution < 1.29 is 27.5 Å². The minimum atomic E-state index is -1.47. The molecule has 23 heavy (non-hydrogen) atoms. The van der Waals surface area contributed by atoms with Gasteiger partial charge in [0.1, 0.15) is 17.4 Å². The molecule has 0 aliphatic rings. The maximum atomic E-state index is 13.8. The van der Waals surface area contributed by atoms with Crippen LogP contribution in [0.15, 0.2) is 47.1 Å². The molecular weight excluding hydrogens is 308 g/mol. The van der Waals surface area contributed by atoms with Crippen molar-refractivity contribution in [1.82, 2.24) is 5.32 Å².